The summed E-state index contributed by atoms with van der Waals surface area (Å²) in [5.41, 5.74) is 1.18. The van der Waals surface area contributed by atoms with E-state index in [9.17, 15) is 9.18 Å². The molecule has 4 heteroatoms. The third-order valence-electron chi connectivity index (χ3n) is 4.84. The van der Waals surface area contributed by atoms with Crippen molar-refractivity contribution < 1.29 is 9.18 Å². The monoisotopic (exact) mass is 276 g/mol. The maximum Gasteiger partial charge on any atom is 0.223 e. The quantitative estimate of drug-likeness (QED) is 0.861. The molecule has 108 valence electrons. The van der Waals surface area contributed by atoms with Gasteiger partial charge in [-0.05, 0) is 49.5 Å². The van der Waals surface area contributed by atoms with Gasteiger partial charge in [0.15, 0.2) is 0 Å². The van der Waals surface area contributed by atoms with E-state index in [0.29, 0.717) is 12.5 Å². The van der Waals surface area contributed by atoms with Crippen LogP contribution in [0.4, 0.5) is 4.39 Å². The molecule has 1 atom stereocenters. The molecule has 1 amide bonds. The predicted octanol–water partition coefficient (Wildman–Crippen LogP) is 1.83. The van der Waals surface area contributed by atoms with E-state index in [1.54, 1.807) is 0 Å². The maximum absolute atomic E-state index is 13.0. The molecule has 1 saturated heterocycles. The van der Waals surface area contributed by atoms with Gasteiger partial charge >= 0.3 is 0 Å². The maximum atomic E-state index is 13.0. The average molecular weight is 276 g/mol. The highest BCUT2D eigenvalue weighted by Gasteiger charge is 2.44. The smallest absolute Gasteiger partial charge is 0.223 e. The van der Waals surface area contributed by atoms with Crippen molar-refractivity contribution in [2.45, 2.75) is 25.2 Å². The van der Waals surface area contributed by atoms with Crippen LogP contribution in [0, 0.1) is 17.7 Å². The lowest BCUT2D eigenvalue weighted by atomic mass is 9.88. The Labute approximate surface area is 118 Å². The van der Waals surface area contributed by atoms with Crippen molar-refractivity contribution in [2.75, 3.05) is 19.6 Å². The molecule has 2 N–H and O–H groups in total. The van der Waals surface area contributed by atoms with Crippen molar-refractivity contribution >= 4 is 5.91 Å². The number of hydrogen-bond acceptors (Lipinski definition) is 2. The molecule has 3 nitrogen and oxygen atoms in total. The first-order valence-corrected chi connectivity index (χ1v) is 7.35. The molecule has 1 saturated carbocycles. The molecule has 0 aromatic heterocycles. The van der Waals surface area contributed by atoms with E-state index in [-0.39, 0.29) is 23.1 Å². The van der Waals surface area contributed by atoms with Gasteiger partial charge < -0.3 is 10.6 Å². The highest BCUT2D eigenvalue weighted by molar-refractivity contribution is 5.79. The summed E-state index contributed by atoms with van der Waals surface area (Å²) in [4.78, 5) is 12.1. The van der Waals surface area contributed by atoms with Crippen LogP contribution in [-0.2, 0) is 10.2 Å². The molecule has 2 fully saturated rings. The summed E-state index contributed by atoms with van der Waals surface area (Å²) in [5, 5.41) is 6.28. The van der Waals surface area contributed by atoms with E-state index in [2.05, 4.69) is 10.6 Å². The molecular weight excluding hydrogens is 255 g/mol. The van der Waals surface area contributed by atoms with Crippen molar-refractivity contribution in [1.82, 2.24) is 10.6 Å². The van der Waals surface area contributed by atoms with Crippen LogP contribution in [0.3, 0.4) is 0 Å². The zero-order valence-electron chi connectivity index (χ0n) is 11.8. The Kier molecular flexibility index (Phi) is 3.50. The predicted molar refractivity (Wildman–Crippen MR) is 75.8 cm³/mol. The third-order valence-corrected chi connectivity index (χ3v) is 4.84. The second-order valence-corrected chi connectivity index (χ2v) is 6.21. The molecule has 3 rings (SSSR count). The Balaban J connectivity index is 1.57. The Morgan fingerprint density at radius 2 is 2.05 bits per heavy atom. The molecule has 1 unspecified atom stereocenters. The standard InChI is InChI=1S/C16H21FN2O/c1-11(12-8-18-9-12)15(20)19-10-16(6-7-16)13-2-4-14(17)5-3-13/h2-5,11-12,18H,6-10H2,1H3,(H,19,20). The van der Waals surface area contributed by atoms with Crippen LogP contribution < -0.4 is 10.6 Å². The number of hydrogen-bond donors (Lipinski definition) is 2. The highest BCUT2D eigenvalue weighted by atomic mass is 19.1. The lowest BCUT2D eigenvalue weighted by molar-refractivity contribution is -0.126. The van der Waals surface area contributed by atoms with Crippen molar-refractivity contribution in [3.8, 4) is 0 Å². The molecular formula is C16H21FN2O. The fraction of sp³-hybridized carbons (Fsp3) is 0.562. The van der Waals surface area contributed by atoms with Crippen LogP contribution in [0.15, 0.2) is 24.3 Å². The molecule has 20 heavy (non-hydrogen) atoms. The summed E-state index contributed by atoms with van der Waals surface area (Å²) < 4.78 is 13.0. The van der Waals surface area contributed by atoms with Gasteiger partial charge in [-0.1, -0.05) is 19.1 Å². The number of carbonyl (C=O) groups is 1. The van der Waals surface area contributed by atoms with E-state index in [1.165, 1.54) is 12.1 Å². The summed E-state index contributed by atoms with van der Waals surface area (Å²) >= 11 is 0. The first kappa shape index (κ1) is 13.6. The molecule has 1 aromatic rings. The Morgan fingerprint density at radius 3 is 2.55 bits per heavy atom. The van der Waals surface area contributed by atoms with Gasteiger partial charge in [-0.3, -0.25) is 4.79 Å². The summed E-state index contributed by atoms with van der Waals surface area (Å²) in [7, 11) is 0. The summed E-state index contributed by atoms with van der Waals surface area (Å²) in [6, 6.07) is 6.68. The molecule has 0 bridgehead atoms. The third kappa shape index (κ3) is 2.57. The second-order valence-electron chi connectivity index (χ2n) is 6.21. The number of benzene rings is 1. The largest absolute Gasteiger partial charge is 0.355 e. The van der Waals surface area contributed by atoms with Gasteiger partial charge in [-0.2, -0.15) is 0 Å². The minimum atomic E-state index is -0.209. The van der Waals surface area contributed by atoms with E-state index in [4.69, 9.17) is 0 Å². The zero-order chi connectivity index (χ0) is 14.2. The molecule has 0 spiro atoms. The fourth-order valence-electron chi connectivity index (χ4n) is 2.82. The van der Waals surface area contributed by atoms with Gasteiger partial charge in [0, 0.05) is 17.9 Å². The van der Waals surface area contributed by atoms with Crippen molar-refractivity contribution in [3.63, 3.8) is 0 Å². The summed E-state index contributed by atoms with van der Waals surface area (Å²) in [5.74, 6) is 0.473. The van der Waals surface area contributed by atoms with Gasteiger partial charge in [0.1, 0.15) is 5.82 Å². The summed E-state index contributed by atoms with van der Waals surface area (Å²) in [6.07, 6.45) is 2.14. The Hall–Kier alpha value is -1.42. The first-order valence-electron chi connectivity index (χ1n) is 7.35. The number of carbonyl (C=O) groups excluding carboxylic acids is 1. The number of amides is 1. The lowest BCUT2D eigenvalue weighted by Crippen LogP contribution is -2.50. The van der Waals surface area contributed by atoms with Gasteiger partial charge in [-0.15, -0.1) is 0 Å². The van der Waals surface area contributed by atoms with Gasteiger partial charge in [0.05, 0.1) is 0 Å². The Bertz CT molecular complexity index is 492. The topological polar surface area (TPSA) is 41.1 Å². The van der Waals surface area contributed by atoms with E-state index in [0.717, 1.165) is 31.5 Å². The van der Waals surface area contributed by atoms with Gasteiger partial charge in [0.2, 0.25) is 5.91 Å². The zero-order valence-corrected chi connectivity index (χ0v) is 11.8. The molecule has 1 aliphatic carbocycles. The molecule has 1 aliphatic heterocycles. The number of nitrogens with one attached hydrogen (secondary N) is 2. The van der Waals surface area contributed by atoms with E-state index >= 15 is 0 Å². The van der Waals surface area contributed by atoms with E-state index in [1.807, 2.05) is 19.1 Å². The fourth-order valence-corrected chi connectivity index (χ4v) is 2.82. The first-order chi connectivity index (χ1) is 9.61. The van der Waals surface area contributed by atoms with Crippen LogP contribution in [0.2, 0.25) is 0 Å². The van der Waals surface area contributed by atoms with Crippen LogP contribution in [-0.4, -0.2) is 25.5 Å². The van der Waals surface area contributed by atoms with Crippen molar-refractivity contribution in [1.29, 1.82) is 0 Å². The SMILES string of the molecule is CC(C(=O)NCC1(c2ccc(F)cc2)CC1)C1CNC1. The minimum Gasteiger partial charge on any atom is -0.355 e. The number of rotatable bonds is 5. The second kappa shape index (κ2) is 5.17. The van der Waals surface area contributed by atoms with E-state index < -0.39 is 0 Å². The minimum absolute atomic E-state index is 0.0426. The highest BCUT2D eigenvalue weighted by Crippen LogP contribution is 2.47. The Morgan fingerprint density at radius 1 is 1.40 bits per heavy atom. The van der Waals surface area contributed by atoms with Crippen LogP contribution >= 0.6 is 0 Å². The molecule has 1 heterocycles. The van der Waals surface area contributed by atoms with Crippen molar-refractivity contribution in [3.05, 3.63) is 35.6 Å². The molecule has 1 aromatic carbocycles. The molecule has 2 aliphatic rings. The van der Waals surface area contributed by atoms with Crippen LogP contribution in [0.5, 0.6) is 0 Å². The molecule has 0 radical (unpaired) electrons. The van der Waals surface area contributed by atoms with Gasteiger partial charge in [-0.25, -0.2) is 4.39 Å². The average Bonchev–Trinajstić information content (AvgIpc) is 3.16. The van der Waals surface area contributed by atoms with Gasteiger partial charge in [0.25, 0.3) is 0 Å². The van der Waals surface area contributed by atoms with Crippen LogP contribution in [0.1, 0.15) is 25.3 Å². The lowest BCUT2D eigenvalue weighted by Gasteiger charge is -2.32. The number of halogens is 1. The van der Waals surface area contributed by atoms with Crippen molar-refractivity contribution in [2.24, 2.45) is 11.8 Å². The van der Waals surface area contributed by atoms with Crippen LogP contribution in [0.25, 0.3) is 0 Å². The normalized spacial score (nSPS) is 21.9. The summed E-state index contributed by atoms with van der Waals surface area (Å²) in [6.45, 7) is 4.55.